The van der Waals surface area contributed by atoms with E-state index in [0.29, 0.717) is 23.3 Å². The predicted molar refractivity (Wildman–Crippen MR) is 191 cm³/mol. The average molecular weight is 612 g/mol. The van der Waals surface area contributed by atoms with Crippen molar-refractivity contribution in [2.75, 3.05) is 0 Å². The first-order chi connectivity index (χ1) is 23.0. The van der Waals surface area contributed by atoms with Crippen LogP contribution >= 0.6 is 0 Å². The molecule has 0 aliphatic heterocycles. The maximum Gasteiger partial charge on any atom is 0.145 e. The maximum absolute atomic E-state index is 12.0. The second-order valence-electron chi connectivity index (χ2n) is 12.2. The van der Waals surface area contributed by atoms with E-state index in [9.17, 15) is 5.11 Å². The molecule has 8 rings (SSSR count). The number of hydrogen-bond donors (Lipinski definition) is 1. The number of hydrogen-bond acceptors (Lipinski definition) is 4. The summed E-state index contributed by atoms with van der Waals surface area (Å²) in [6.07, 6.45) is 11.3. The first-order valence-electron chi connectivity index (χ1n) is 15.9. The lowest BCUT2D eigenvalue weighted by Crippen LogP contribution is -1.97. The van der Waals surface area contributed by atoms with Gasteiger partial charge >= 0.3 is 0 Å². The van der Waals surface area contributed by atoms with Gasteiger partial charge in [-0.3, -0.25) is 9.55 Å². The van der Waals surface area contributed by atoms with Crippen LogP contribution in [-0.2, 0) is 12.8 Å². The molecule has 3 heterocycles. The molecule has 5 aromatic carbocycles. The van der Waals surface area contributed by atoms with Gasteiger partial charge in [0.25, 0.3) is 0 Å². The Morgan fingerprint density at radius 1 is 0.745 bits per heavy atom. The van der Waals surface area contributed by atoms with Crippen LogP contribution in [0.4, 0.5) is 0 Å². The molecule has 0 atom stereocenters. The summed E-state index contributed by atoms with van der Waals surface area (Å²) in [5.41, 5.74) is 9.13. The van der Waals surface area contributed by atoms with Crippen molar-refractivity contribution in [3.8, 4) is 34.1 Å². The molecule has 0 saturated heterocycles. The number of phenolic OH excluding ortho intramolecular Hbond substituents is 1. The van der Waals surface area contributed by atoms with Crippen molar-refractivity contribution in [2.45, 2.75) is 26.7 Å². The Hall–Kier alpha value is -5.94. The molecule has 0 aliphatic carbocycles. The molecule has 0 aliphatic rings. The monoisotopic (exact) mass is 611 g/mol. The van der Waals surface area contributed by atoms with Gasteiger partial charge in [-0.2, -0.15) is 0 Å². The van der Waals surface area contributed by atoms with Crippen LogP contribution in [0.5, 0.6) is 5.75 Å². The van der Waals surface area contributed by atoms with E-state index < -0.39 is 0 Å². The Morgan fingerprint density at radius 2 is 1.47 bits per heavy atom. The summed E-state index contributed by atoms with van der Waals surface area (Å²) in [7, 11) is 0. The lowest BCUT2D eigenvalue weighted by atomic mass is 9.98. The van der Waals surface area contributed by atoms with Crippen molar-refractivity contribution >= 4 is 32.7 Å². The van der Waals surface area contributed by atoms with E-state index in [2.05, 4.69) is 90.1 Å². The highest BCUT2D eigenvalue weighted by Gasteiger charge is 2.22. The third kappa shape index (κ3) is 5.26. The van der Waals surface area contributed by atoms with Crippen LogP contribution in [0.3, 0.4) is 0 Å². The number of rotatable bonds is 7. The van der Waals surface area contributed by atoms with Gasteiger partial charge in [0.15, 0.2) is 0 Å². The van der Waals surface area contributed by atoms with Crippen molar-refractivity contribution < 1.29 is 9.52 Å². The Labute approximate surface area is 273 Å². The molecule has 5 heteroatoms. The maximum atomic E-state index is 12.0. The Kier molecular flexibility index (Phi) is 7.14. The van der Waals surface area contributed by atoms with E-state index >= 15 is 0 Å². The summed E-state index contributed by atoms with van der Waals surface area (Å²) in [6.45, 7) is 4.22. The van der Waals surface area contributed by atoms with Gasteiger partial charge in [0, 0.05) is 57.1 Å². The van der Waals surface area contributed by atoms with Gasteiger partial charge in [-0.15, -0.1) is 0 Å². The van der Waals surface area contributed by atoms with Crippen molar-refractivity contribution in [1.29, 1.82) is 0 Å². The molecular formula is C42H33N3O2. The smallest absolute Gasteiger partial charge is 0.145 e. The second-order valence-corrected chi connectivity index (χ2v) is 12.2. The summed E-state index contributed by atoms with van der Waals surface area (Å²) in [5.74, 6) is 0.991. The van der Waals surface area contributed by atoms with Crippen molar-refractivity contribution in [3.63, 3.8) is 0 Å². The number of imidazole rings is 1. The number of nitrogens with zero attached hydrogens (tertiary/aromatic N) is 3. The Morgan fingerprint density at radius 3 is 2.30 bits per heavy atom. The largest absolute Gasteiger partial charge is 0.507 e. The molecular weight excluding hydrogens is 578 g/mol. The van der Waals surface area contributed by atoms with Gasteiger partial charge in [-0.25, -0.2) is 4.98 Å². The molecule has 0 amide bonds. The highest BCUT2D eigenvalue weighted by Crippen LogP contribution is 2.43. The minimum Gasteiger partial charge on any atom is -0.507 e. The van der Waals surface area contributed by atoms with Crippen LogP contribution in [0.25, 0.3) is 61.0 Å². The normalized spacial score (nSPS) is 11.8. The van der Waals surface area contributed by atoms with Crippen molar-refractivity contribution in [1.82, 2.24) is 14.5 Å². The molecule has 0 radical (unpaired) electrons. The summed E-state index contributed by atoms with van der Waals surface area (Å²) < 4.78 is 8.52. The van der Waals surface area contributed by atoms with Crippen LogP contribution in [-0.4, -0.2) is 19.6 Å². The predicted octanol–water partition coefficient (Wildman–Crippen LogP) is 10.3. The first-order valence-corrected chi connectivity index (χ1v) is 15.9. The van der Waals surface area contributed by atoms with Gasteiger partial charge in [0.05, 0.1) is 5.69 Å². The van der Waals surface area contributed by atoms with Gasteiger partial charge in [0.1, 0.15) is 22.7 Å². The molecule has 228 valence electrons. The summed E-state index contributed by atoms with van der Waals surface area (Å²) in [6, 6.07) is 35.1. The minimum atomic E-state index is 0.178. The van der Waals surface area contributed by atoms with E-state index in [1.807, 2.05) is 67.1 Å². The number of phenols is 1. The molecule has 8 aromatic rings. The molecule has 0 bridgehead atoms. The van der Waals surface area contributed by atoms with E-state index in [0.717, 1.165) is 56.4 Å². The van der Waals surface area contributed by atoms with Gasteiger partial charge in [-0.1, -0.05) is 91.0 Å². The topological polar surface area (TPSA) is 64.1 Å². The van der Waals surface area contributed by atoms with Crippen LogP contribution in [0.2, 0.25) is 0 Å². The van der Waals surface area contributed by atoms with Crippen LogP contribution in [0.15, 0.2) is 138 Å². The molecule has 0 unspecified atom stereocenters. The molecule has 5 nitrogen and oxygen atoms in total. The summed E-state index contributed by atoms with van der Waals surface area (Å²) in [4.78, 5) is 9.61. The first kappa shape index (κ1) is 28.5. The Balaban J connectivity index is 1.26. The van der Waals surface area contributed by atoms with Crippen LogP contribution in [0.1, 0.15) is 22.3 Å². The van der Waals surface area contributed by atoms with Gasteiger partial charge < -0.3 is 9.52 Å². The van der Waals surface area contributed by atoms with E-state index in [1.54, 1.807) is 0 Å². The zero-order valence-electron chi connectivity index (χ0n) is 26.3. The number of benzene rings is 5. The number of furan rings is 1. The minimum absolute atomic E-state index is 0.178. The van der Waals surface area contributed by atoms with E-state index in [4.69, 9.17) is 9.40 Å². The fourth-order valence-electron chi connectivity index (χ4n) is 6.64. The fraction of sp³-hybridized carbons (Fsp3) is 0.0952. The standard InChI is InChI=1S/C42H33N3O2/c1-27-20-28(2)22-32(21-27)45-26-38(44-42(45)29-12-4-3-5-13-29)37-23-36-34-17-10-11-19-39(34)47-41(36)35(40(37)46)18-9-7-15-31-25-43-24-30-14-6-8-16-33(30)31/h3-14,16-17,19-26,46H,15,18H2,1-2H3/b9-7+. The molecule has 0 fully saturated rings. The van der Waals surface area contributed by atoms with Crippen molar-refractivity contribution in [2.24, 2.45) is 0 Å². The van der Waals surface area contributed by atoms with E-state index in [1.165, 1.54) is 16.5 Å². The van der Waals surface area contributed by atoms with Crippen LogP contribution in [0, 0.1) is 13.8 Å². The van der Waals surface area contributed by atoms with Gasteiger partial charge in [-0.05, 0) is 73.0 Å². The highest BCUT2D eigenvalue weighted by molar-refractivity contribution is 6.08. The average Bonchev–Trinajstić information content (AvgIpc) is 3.70. The molecule has 0 spiro atoms. The number of aromatic nitrogens is 3. The Bertz CT molecular complexity index is 2430. The lowest BCUT2D eigenvalue weighted by Gasteiger charge is -2.10. The SMILES string of the molecule is Cc1cc(C)cc(-n2cc(-c3cc4c(oc5ccccc54)c(C/C=C/Cc4cncc5ccccc45)c3O)nc2-c2ccccc2)c1. The number of para-hydroxylation sites is 1. The third-order valence-corrected chi connectivity index (χ3v) is 8.81. The molecule has 47 heavy (non-hydrogen) atoms. The molecule has 0 saturated carbocycles. The third-order valence-electron chi connectivity index (χ3n) is 8.81. The zero-order chi connectivity index (χ0) is 31.9. The number of pyridine rings is 1. The van der Waals surface area contributed by atoms with Gasteiger partial charge in [0.2, 0.25) is 0 Å². The summed E-state index contributed by atoms with van der Waals surface area (Å²) in [5, 5.41) is 16.3. The zero-order valence-corrected chi connectivity index (χ0v) is 26.3. The highest BCUT2D eigenvalue weighted by atomic mass is 16.3. The number of fused-ring (bicyclic) bond motifs is 4. The number of aromatic hydroxyl groups is 1. The fourth-order valence-corrected chi connectivity index (χ4v) is 6.64. The van der Waals surface area contributed by atoms with E-state index in [-0.39, 0.29) is 5.75 Å². The van der Waals surface area contributed by atoms with Crippen molar-refractivity contribution in [3.05, 3.63) is 156 Å². The quantitative estimate of drug-likeness (QED) is 0.182. The molecule has 1 N–H and O–H groups in total. The summed E-state index contributed by atoms with van der Waals surface area (Å²) >= 11 is 0. The number of allylic oxidation sites excluding steroid dienone is 2. The number of aryl methyl sites for hydroxylation is 2. The lowest BCUT2D eigenvalue weighted by molar-refractivity contribution is 0.471. The second kappa shape index (κ2) is 11.8. The van der Waals surface area contributed by atoms with Crippen LogP contribution < -0.4 is 0 Å². The molecule has 3 aromatic heterocycles.